The molecule has 0 saturated carbocycles. The summed E-state index contributed by atoms with van der Waals surface area (Å²) in [5, 5.41) is 7.48. The molecule has 2 aromatic rings. The van der Waals surface area contributed by atoms with Crippen molar-refractivity contribution in [1.29, 1.82) is 0 Å². The number of carbonyl (C=O) groups excluding carboxylic acids is 1. The average molecular weight is 428 g/mol. The SMILES string of the molecule is CC(CC(=O)NCCCOc1cccc2cccnc12)C1CCNCC1.Cl.Cl. The molecule has 3 rings (SSSR count). The van der Waals surface area contributed by atoms with E-state index in [4.69, 9.17) is 4.74 Å². The largest absolute Gasteiger partial charge is 0.491 e. The molecule has 1 fully saturated rings. The second-order valence-electron chi connectivity index (χ2n) is 7.15. The monoisotopic (exact) mass is 427 g/mol. The van der Waals surface area contributed by atoms with Crippen molar-refractivity contribution in [2.24, 2.45) is 11.8 Å². The van der Waals surface area contributed by atoms with Crippen molar-refractivity contribution in [3.63, 3.8) is 0 Å². The number of hydrogen-bond donors (Lipinski definition) is 2. The number of hydrogen-bond acceptors (Lipinski definition) is 4. The Morgan fingerprint density at radius 3 is 2.79 bits per heavy atom. The van der Waals surface area contributed by atoms with E-state index in [0.717, 1.165) is 36.2 Å². The van der Waals surface area contributed by atoms with Crippen LogP contribution in [0, 0.1) is 11.8 Å². The van der Waals surface area contributed by atoms with E-state index in [0.29, 0.717) is 31.4 Å². The number of nitrogens with zero attached hydrogens (tertiary/aromatic N) is 1. The standard InChI is InChI=1S/C21H29N3O2.2ClH/c1-16(17-8-12-22-13-9-17)15-20(25)23-11-4-14-26-19-7-2-5-18-6-3-10-24-21(18)19;;/h2-3,5-7,10,16-17,22H,4,8-9,11-15H2,1H3,(H,23,25);2*1H. The number of rotatable bonds is 8. The van der Waals surface area contributed by atoms with Crippen LogP contribution in [0.1, 0.15) is 32.6 Å². The number of amides is 1. The van der Waals surface area contributed by atoms with Crippen LogP contribution in [0.15, 0.2) is 36.5 Å². The van der Waals surface area contributed by atoms with E-state index in [1.165, 1.54) is 12.8 Å². The van der Waals surface area contributed by atoms with E-state index in [-0.39, 0.29) is 30.7 Å². The maximum atomic E-state index is 12.1. The Bertz CT molecular complexity index is 718. The first-order valence-electron chi connectivity index (χ1n) is 9.68. The van der Waals surface area contributed by atoms with Gasteiger partial charge in [-0.05, 0) is 56.3 Å². The molecular formula is C21H31Cl2N3O2. The van der Waals surface area contributed by atoms with Gasteiger partial charge >= 0.3 is 0 Å². The highest BCUT2D eigenvalue weighted by atomic mass is 35.5. The number of pyridine rings is 1. The minimum atomic E-state index is 0. The van der Waals surface area contributed by atoms with E-state index in [2.05, 4.69) is 22.5 Å². The molecule has 7 heteroatoms. The topological polar surface area (TPSA) is 63.2 Å². The first-order chi connectivity index (χ1) is 12.7. The second-order valence-corrected chi connectivity index (χ2v) is 7.15. The summed E-state index contributed by atoms with van der Waals surface area (Å²) in [6, 6.07) is 9.89. The van der Waals surface area contributed by atoms with Crippen molar-refractivity contribution in [2.45, 2.75) is 32.6 Å². The van der Waals surface area contributed by atoms with Crippen LogP contribution in [-0.2, 0) is 4.79 Å². The summed E-state index contributed by atoms with van der Waals surface area (Å²) in [6.07, 6.45) is 5.55. The third-order valence-electron chi connectivity index (χ3n) is 5.19. The molecule has 0 aliphatic carbocycles. The molecule has 0 radical (unpaired) electrons. The Hall–Kier alpha value is -1.56. The maximum Gasteiger partial charge on any atom is 0.220 e. The van der Waals surface area contributed by atoms with E-state index >= 15 is 0 Å². The summed E-state index contributed by atoms with van der Waals surface area (Å²) in [5.74, 6) is 2.08. The van der Waals surface area contributed by atoms with Crippen molar-refractivity contribution < 1.29 is 9.53 Å². The molecule has 28 heavy (non-hydrogen) atoms. The lowest BCUT2D eigenvalue weighted by molar-refractivity contribution is -0.122. The number of ether oxygens (including phenoxy) is 1. The van der Waals surface area contributed by atoms with Gasteiger partial charge in [0.2, 0.25) is 5.91 Å². The second kappa shape index (κ2) is 12.8. The number of para-hydroxylation sites is 1. The molecule has 1 saturated heterocycles. The van der Waals surface area contributed by atoms with Gasteiger partial charge in [-0.25, -0.2) is 0 Å². The first kappa shape index (κ1) is 24.5. The van der Waals surface area contributed by atoms with Crippen molar-refractivity contribution in [2.75, 3.05) is 26.2 Å². The third kappa shape index (κ3) is 7.12. The highest BCUT2D eigenvalue weighted by Gasteiger charge is 2.21. The van der Waals surface area contributed by atoms with Crippen molar-refractivity contribution in [3.05, 3.63) is 36.5 Å². The van der Waals surface area contributed by atoms with Crippen LogP contribution in [0.2, 0.25) is 0 Å². The lowest BCUT2D eigenvalue weighted by atomic mass is 9.84. The molecule has 0 bridgehead atoms. The molecule has 5 nitrogen and oxygen atoms in total. The van der Waals surface area contributed by atoms with Gasteiger partial charge in [0, 0.05) is 24.5 Å². The van der Waals surface area contributed by atoms with Crippen molar-refractivity contribution in [3.8, 4) is 5.75 Å². The zero-order valence-corrected chi connectivity index (χ0v) is 18.0. The normalized spacial score (nSPS) is 15.2. The number of benzene rings is 1. The van der Waals surface area contributed by atoms with E-state index in [1.807, 2.05) is 30.3 Å². The number of piperidine rings is 1. The fourth-order valence-electron chi connectivity index (χ4n) is 3.62. The lowest BCUT2D eigenvalue weighted by Crippen LogP contribution is -2.33. The van der Waals surface area contributed by atoms with Crippen LogP contribution in [0.4, 0.5) is 0 Å². The van der Waals surface area contributed by atoms with Crippen LogP contribution in [0.5, 0.6) is 5.75 Å². The summed E-state index contributed by atoms with van der Waals surface area (Å²) in [5.41, 5.74) is 0.884. The third-order valence-corrected chi connectivity index (χ3v) is 5.19. The molecule has 2 heterocycles. The van der Waals surface area contributed by atoms with Gasteiger partial charge in [-0.2, -0.15) is 0 Å². The zero-order valence-electron chi connectivity index (χ0n) is 16.4. The van der Waals surface area contributed by atoms with Gasteiger partial charge in [0.1, 0.15) is 11.3 Å². The van der Waals surface area contributed by atoms with Crippen molar-refractivity contribution in [1.82, 2.24) is 15.6 Å². The minimum Gasteiger partial charge on any atom is -0.491 e. The molecule has 2 N–H and O–H groups in total. The molecule has 1 unspecified atom stereocenters. The summed E-state index contributed by atoms with van der Waals surface area (Å²) >= 11 is 0. The van der Waals surface area contributed by atoms with Gasteiger partial charge in [0.25, 0.3) is 0 Å². The summed E-state index contributed by atoms with van der Waals surface area (Å²) in [4.78, 5) is 16.5. The molecular weight excluding hydrogens is 397 g/mol. The Morgan fingerprint density at radius 2 is 2.00 bits per heavy atom. The summed E-state index contributed by atoms with van der Waals surface area (Å²) in [6.45, 7) is 5.58. The molecule has 1 amide bonds. The minimum absolute atomic E-state index is 0. The van der Waals surface area contributed by atoms with Gasteiger partial charge in [0.15, 0.2) is 0 Å². The van der Waals surface area contributed by atoms with Crippen molar-refractivity contribution >= 4 is 41.6 Å². The van der Waals surface area contributed by atoms with E-state index in [9.17, 15) is 4.79 Å². The van der Waals surface area contributed by atoms with Gasteiger partial charge in [-0.3, -0.25) is 9.78 Å². The Labute approximate surface area is 179 Å². The van der Waals surface area contributed by atoms with Crippen LogP contribution >= 0.6 is 24.8 Å². The predicted molar refractivity (Wildman–Crippen MR) is 119 cm³/mol. The predicted octanol–water partition coefficient (Wildman–Crippen LogP) is 3.99. The highest BCUT2D eigenvalue weighted by Crippen LogP contribution is 2.24. The molecule has 1 aromatic heterocycles. The van der Waals surface area contributed by atoms with Crippen LogP contribution in [-0.4, -0.2) is 37.1 Å². The van der Waals surface area contributed by atoms with Gasteiger partial charge < -0.3 is 15.4 Å². The smallest absolute Gasteiger partial charge is 0.220 e. The zero-order chi connectivity index (χ0) is 18.2. The molecule has 156 valence electrons. The van der Waals surface area contributed by atoms with Gasteiger partial charge in [-0.15, -0.1) is 24.8 Å². The van der Waals surface area contributed by atoms with E-state index < -0.39 is 0 Å². The number of halogens is 2. The molecule has 1 atom stereocenters. The number of carbonyl (C=O) groups is 1. The van der Waals surface area contributed by atoms with Crippen LogP contribution in [0.3, 0.4) is 0 Å². The molecule has 1 aliphatic rings. The van der Waals surface area contributed by atoms with Crippen LogP contribution < -0.4 is 15.4 Å². The summed E-state index contributed by atoms with van der Waals surface area (Å²) in [7, 11) is 0. The molecule has 1 aliphatic heterocycles. The summed E-state index contributed by atoms with van der Waals surface area (Å²) < 4.78 is 5.86. The van der Waals surface area contributed by atoms with Crippen LogP contribution in [0.25, 0.3) is 10.9 Å². The fourth-order valence-corrected chi connectivity index (χ4v) is 3.62. The lowest BCUT2D eigenvalue weighted by Gasteiger charge is -2.27. The number of fused-ring (bicyclic) bond motifs is 1. The van der Waals surface area contributed by atoms with E-state index in [1.54, 1.807) is 6.20 Å². The Balaban J connectivity index is 0.00000196. The van der Waals surface area contributed by atoms with Gasteiger partial charge in [0.05, 0.1) is 6.61 Å². The highest BCUT2D eigenvalue weighted by molar-refractivity contribution is 5.85. The number of aromatic nitrogens is 1. The average Bonchev–Trinajstić information content (AvgIpc) is 2.68. The first-order valence-corrected chi connectivity index (χ1v) is 9.68. The number of nitrogens with one attached hydrogen (secondary N) is 2. The molecule has 1 aromatic carbocycles. The Morgan fingerprint density at radius 1 is 1.25 bits per heavy atom. The fraction of sp³-hybridized carbons (Fsp3) is 0.524. The Kier molecular flexibility index (Phi) is 11.2. The maximum absolute atomic E-state index is 12.1. The van der Waals surface area contributed by atoms with Gasteiger partial charge in [-0.1, -0.05) is 25.1 Å². The quantitative estimate of drug-likeness (QED) is 0.625. The molecule has 0 spiro atoms.